The second-order valence-corrected chi connectivity index (χ2v) is 5.43. The van der Waals surface area contributed by atoms with Crippen molar-refractivity contribution in [3.8, 4) is 0 Å². The lowest BCUT2D eigenvalue weighted by Gasteiger charge is -2.11. The molecule has 1 aromatic rings. The van der Waals surface area contributed by atoms with E-state index in [2.05, 4.69) is 37.8 Å². The van der Waals surface area contributed by atoms with Crippen molar-refractivity contribution >= 4 is 33.7 Å². The Morgan fingerprint density at radius 2 is 2.22 bits per heavy atom. The van der Waals surface area contributed by atoms with Gasteiger partial charge in [0.2, 0.25) is 0 Å². The number of hydrogen-bond donors (Lipinski definition) is 2. The van der Waals surface area contributed by atoms with Crippen molar-refractivity contribution in [1.29, 1.82) is 0 Å². The highest BCUT2D eigenvalue weighted by Crippen LogP contribution is 2.16. The summed E-state index contributed by atoms with van der Waals surface area (Å²) in [7, 11) is 1.72. The van der Waals surface area contributed by atoms with Gasteiger partial charge in [-0.3, -0.25) is 4.99 Å². The van der Waals surface area contributed by atoms with Crippen molar-refractivity contribution in [2.45, 2.75) is 6.54 Å². The summed E-state index contributed by atoms with van der Waals surface area (Å²) in [5.74, 6) is 1.50. The zero-order chi connectivity index (χ0) is 13.4. The maximum atomic E-state index is 13.3. The van der Waals surface area contributed by atoms with E-state index < -0.39 is 0 Å². The topological polar surface area (TPSA) is 36.4 Å². The molecule has 3 nitrogen and oxygen atoms in total. The third-order valence-corrected chi connectivity index (χ3v) is 3.52. The van der Waals surface area contributed by atoms with E-state index >= 15 is 0 Å². The average Bonchev–Trinajstić information content (AvgIpc) is 2.37. The van der Waals surface area contributed by atoms with Gasteiger partial charge in [0, 0.05) is 25.9 Å². The molecule has 0 spiro atoms. The third kappa shape index (κ3) is 5.27. The van der Waals surface area contributed by atoms with Crippen LogP contribution in [0.2, 0.25) is 0 Å². The molecule has 0 radical (unpaired) electrons. The van der Waals surface area contributed by atoms with Gasteiger partial charge in [-0.1, -0.05) is 6.07 Å². The van der Waals surface area contributed by atoms with Crippen molar-refractivity contribution in [2.24, 2.45) is 4.99 Å². The lowest BCUT2D eigenvalue weighted by molar-refractivity contribution is 0.618. The Bertz CT molecular complexity index is 412. The van der Waals surface area contributed by atoms with E-state index in [1.807, 2.05) is 6.07 Å². The molecule has 1 aromatic carbocycles. The molecular formula is C12H17BrFN3S. The van der Waals surface area contributed by atoms with Gasteiger partial charge in [-0.15, -0.1) is 0 Å². The molecular weight excluding hydrogens is 317 g/mol. The highest BCUT2D eigenvalue weighted by atomic mass is 79.9. The van der Waals surface area contributed by atoms with E-state index in [1.165, 1.54) is 6.07 Å². The molecule has 6 heteroatoms. The highest BCUT2D eigenvalue weighted by Gasteiger charge is 2.02. The molecule has 100 valence electrons. The molecule has 0 fully saturated rings. The number of nitrogens with one attached hydrogen (secondary N) is 2. The zero-order valence-corrected chi connectivity index (χ0v) is 12.9. The van der Waals surface area contributed by atoms with E-state index in [1.54, 1.807) is 24.9 Å². The van der Waals surface area contributed by atoms with Crippen LogP contribution in [0.25, 0.3) is 0 Å². The minimum atomic E-state index is -0.250. The summed E-state index contributed by atoms with van der Waals surface area (Å²) in [5.41, 5.74) is 0.878. The normalized spacial score (nSPS) is 11.4. The molecule has 0 amide bonds. The van der Waals surface area contributed by atoms with Gasteiger partial charge in [0.15, 0.2) is 5.96 Å². The quantitative estimate of drug-likeness (QED) is 0.494. The molecule has 0 saturated heterocycles. The molecule has 2 N–H and O–H groups in total. The van der Waals surface area contributed by atoms with Crippen molar-refractivity contribution in [1.82, 2.24) is 10.6 Å². The standard InChI is InChI=1S/C12H17BrFN3S/c1-15-12(16-5-6-18-2)17-8-9-3-4-10(13)11(14)7-9/h3-4,7H,5-6,8H2,1-2H3,(H2,15,16,17). The zero-order valence-electron chi connectivity index (χ0n) is 10.5. The van der Waals surface area contributed by atoms with Crippen LogP contribution < -0.4 is 10.6 Å². The number of halogens is 2. The fourth-order valence-electron chi connectivity index (χ4n) is 1.33. The van der Waals surface area contributed by atoms with Crippen molar-refractivity contribution in [3.05, 3.63) is 34.1 Å². The van der Waals surface area contributed by atoms with Gasteiger partial charge in [-0.25, -0.2) is 4.39 Å². The summed E-state index contributed by atoms with van der Waals surface area (Å²) in [4.78, 5) is 4.10. The Morgan fingerprint density at radius 1 is 1.44 bits per heavy atom. The molecule has 1 rings (SSSR count). The third-order valence-electron chi connectivity index (χ3n) is 2.27. The van der Waals surface area contributed by atoms with E-state index in [0.29, 0.717) is 11.0 Å². The second-order valence-electron chi connectivity index (χ2n) is 3.59. The Hall–Kier alpha value is -0.750. The second kappa shape index (κ2) is 8.37. The van der Waals surface area contributed by atoms with E-state index in [4.69, 9.17) is 0 Å². The number of rotatable bonds is 5. The van der Waals surface area contributed by atoms with Crippen LogP contribution in [0, 0.1) is 5.82 Å². The smallest absolute Gasteiger partial charge is 0.191 e. The van der Waals surface area contributed by atoms with Crippen LogP contribution in [0.5, 0.6) is 0 Å². The van der Waals surface area contributed by atoms with E-state index in [9.17, 15) is 4.39 Å². The maximum absolute atomic E-state index is 13.3. The van der Waals surface area contributed by atoms with Gasteiger partial charge < -0.3 is 10.6 Å². The van der Waals surface area contributed by atoms with Gasteiger partial charge >= 0.3 is 0 Å². The number of aliphatic imine (C=N–C) groups is 1. The van der Waals surface area contributed by atoms with Crippen LogP contribution >= 0.6 is 27.7 Å². The number of guanidine groups is 1. The first-order chi connectivity index (χ1) is 8.67. The van der Waals surface area contributed by atoms with Gasteiger partial charge in [-0.05, 0) is 39.9 Å². The maximum Gasteiger partial charge on any atom is 0.191 e. The molecule has 0 bridgehead atoms. The number of hydrogen-bond acceptors (Lipinski definition) is 2. The SMILES string of the molecule is CN=C(NCCSC)NCc1ccc(Br)c(F)c1. The van der Waals surface area contributed by atoms with Crippen LogP contribution in [0.1, 0.15) is 5.56 Å². The number of benzene rings is 1. The first kappa shape index (κ1) is 15.3. The van der Waals surface area contributed by atoms with Crippen LogP contribution in [0.4, 0.5) is 4.39 Å². The first-order valence-corrected chi connectivity index (χ1v) is 7.73. The Morgan fingerprint density at radius 3 is 2.83 bits per heavy atom. The van der Waals surface area contributed by atoms with Crippen LogP contribution in [-0.4, -0.2) is 31.6 Å². The minimum absolute atomic E-state index is 0.250. The molecule has 0 saturated carbocycles. The molecule has 0 aliphatic rings. The lowest BCUT2D eigenvalue weighted by atomic mass is 10.2. The van der Waals surface area contributed by atoms with Crippen LogP contribution in [-0.2, 0) is 6.54 Å². The summed E-state index contributed by atoms with van der Waals surface area (Å²) in [6.45, 7) is 1.40. The summed E-state index contributed by atoms with van der Waals surface area (Å²) in [6, 6.07) is 5.08. The summed E-state index contributed by atoms with van der Waals surface area (Å²) < 4.78 is 13.8. The first-order valence-electron chi connectivity index (χ1n) is 5.54. The molecule has 0 aliphatic carbocycles. The molecule has 18 heavy (non-hydrogen) atoms. The van der Waals surface area contributed by atoms with Crippen molar-refractivity contribution < 1.29 is 4.39 Å². The molecule has 0 atom stereocenters. The van der Waals surface area contributed by atoms with Gasteiger partial charge in [0.1, 0.15) is 5.82 Å². The van der Waals surface area contributed by atoms with Crippen LogP contribution in [0.3, 0.4) is 0 Å². The Labute approximate surface area is 120 Å². The number of nitrogens with zero attached hydrogens (tertiary/aromatic N) is 1. The summed E-state index contributed by atoms with van der Waals surface area (Å²) >= 11 is 4.90. The van der Waals surface area contributed by atoms with Gasteiger partial charge in [0.05, 0.1) is 4.47 Å². The molecule has 0 unspecified atom stereocenters. The largest absolute Gasteiger partial charge is 0.356 e. The summed E-state index contributed by atoms with van der Waals surface area (Å²) in [6.07, 6.45) is 2.06. The Balaban J connectivity index is 2.45. The number of thioether (sulfide) groups is 1. The average molecular weight is 334 g/mol. The summed E-state index contributed by atoms with van der Waals surface area (Å²) in [5, 5.41) is 6.32. The van der Waals surface area contributed by atoms with Crippen molar-refractivity contribution in [2.75, 3.05) is 25.6 Å². The highest BCUT2D eigenvalue weighted by molar-refractivity contribution is 9.10. The Kier molecular flexibility index (Phi) is 7.12. The van der Waals surface area contributed by atoms with Gasteiger partial charge in [-0.2, -0.15) is 11.8 Å². The fraction of sp³-hybridized carbons (Fsp3) is 0.417. The minimum Gasteiger partial charge on any atom is -0.356 e. The predicted molar refractivity (Wildman–Crippen MR) is 80.7 cm³/mol. The molecule has 0 heterocycles. The van der Waals surface area contributed by atoms with E-state index in [-0.39, 0.29) is 5.82 Å². The predicted octanol–water partition coefficient (Wildman–Crippen LogP) is 2.62. The monoisotopic (exact) mass is 333 g/mol. The fourth-order valence-corrected chi connectivity index (χ4v) is 1.88. The van der Waals surface area contributed by atoms with Crippen LogP contribution in [0.15, 0.2) is 27.7 Å². The molecule has 0 aliphatic heterocycles. The molecule has 0 aromatic heterocycles. The lowest BCUT2D eigenvalue weighted by Crippen LogP contribution is -2.37. The van der Waals surface area contributed by atoms with Gasteiger partial charge in [0.25, 0.3) is 0 Å². The van der Waals surface area contributed by atoms with Crippen molar-refractivity contribution in [3.63, 3.8) is 0 Å². The van der Waals surface area contributed by atoms with E-state index in [0.717, 1.165) is 23.8 Å².